The molecule has 0 unspecified atom stereocenters. The minimum Gasteiger partial charge on any atom is -0.488 e. The van der Waals surface area contributed by atoms with Crippen molar-refractivity contribution in [2.24, 2.45) is 0 Å². The molecule has 0 fully saturated rings. The first kappa shape index (κ1) is 10.2. The molecule has 0 bridgehead atoms. The highest BCUT2D eigenvalue weighted by molar-refractivity contribution is 5.81. The Morgan fingerprint density at radius 1 is 1.50 bits per heavy atom. The summed E-state index contributed by atoms with van der Waals surface area (Å²) in [5.41, 5.74) is 0. The van der Waals surface area contributed by atoms with E-state index in [4.69, 9.17) is 9.47 Å². The molecule has 5 nitrogen and oxygen atoms in total. The van der Waals surface area contributed by atoms with Crippen LogP contribution in [-0.2, 0) is 9.53 Å². The third-order valence-corrected chi connectivity index (χ3v) is 1.32. The molecule has 0 radical (unpaired) electrons. The van der Waals surface area contributed by atoms with E-state index in [1.165, 1.54) is 12.4 Å². The van der Waals surface area contributed by atoms with Crippen LogP contribution in [-0.4, -0.2) is 29.4 Å². The van der Waals surface area contributed by atoms with Crippen molar-refractivity contribution >= 4 is 5.97 Å². The number of carbonyl (C=O) groups excluding carboxylic acids is 1. The van der Waals surface area contributed by atoms with Gasteiger partial charge < -0.3 is 9.47 Å². The van der Waals surface area contributed by atoms with E-state index < -0.39 is 5.97 Å². The Morgan fingerprint density at radius 3 is 3.00 bits per heavy atom. The number of rotatable bonds is 5. The Bertz CT molecular complexity index is 300. The average molecular weight is 194 g/mol. The molecule has 74 valence electrons. The summed E-state index contributed by atoms with van der Waals surface area (Å²) in [5.74, 6) is 0.135. The van der Waals surface area contributed by atoms with Crippen LogP contribution < -0.4 is 4.74 Å². The molecule has 0 amide bonds. The van der Waals surface area contributed by atoms with Gasteiger partial charge in [-0.2, -0.15) is 10.2 Å². The van der Waals surface area contributed by atoms with Gasteiger partial charge in [0.15, 0.2) is 0 Å². The van der Waals surface area contributed by atoms with Crippen LogP contribution in [0.2, 0.25) is 0 Å². The number of ether oxygens (including phenoxy) is 2. The molecule has 5 heteroatoms. The van der Waals surface area contributed by atoms with E-state index in [9.17, 15) is 4.79 Å². The van der Waals surface area contributed by atoms with Crippen LogP contribution in [0.1, 0.15) is 0 Å². The van der Waals surface area contributed by atoms with Gasteiger partial charge in [-0.25, -0.2) is 4.79 Å². The molecule has 1 aromatic heterocycles. The minimum atomic E-state index is -0.457. The van der Waals surface area contributed by atoms with Crippen molar-refractivity contribution in [3.8, 4) is 5.75 Å². The third kappa shape index (κ3) is 3.66. The van der Waals surface area contributed by atoms with Crippen LogP contribution >= 0.6 is 0 Å². The van der Waals surface area contributed by atoms with E-state index in [-0.39, 0.29) is 13.2 Å². The summed E-state index contributed by atoms with van der Waals surface area (Å²) in [4.78, 5) is 10.6. The van der Waals surface area contributed by atoms with Crippen molar-refractivity contribution in [1.29, 1.82) is 0 Å². The highest BCUT2D eigenvalue weighted by Gasteiger charge is 1.96. The van der Waals surface area contributed by atoms with Crippen molar-refractivity contribution in [3.05, 3.63) is 31.1 Å². The lowest BCUT2D eigenvalue weighted by atomic mass is 10.5. The predicted octanol–water partition coefficient (Wildman–Crippen LogP) is 0.585. The number of nitrogens with zero attached hydrogens (tertiary/aromatic N) is 2. The predicted molar refractivity (Wildman–Crippen MR) is 48.7 cm³/mol. The van der Waals surface area contributed by atoms with E-state index in [0.717, 1.165) is 6.08 Å². The molecule has 0 atom stereocenters. The summed E-state index contributed by atoms with van der Waals surface area (Å²) in [6.45, 7) is 3.73. The largest absolute Gasteiger partial charge is 0.488 e. The Kier molecular flexibility index (Phi) is 4.13. The molecule has 1 aromatic rings. The summed E-state index contributed by atoms with van der Waals surface area (Å²) in [6.07, 6.45) is 4.11. The van der Waals surface area contributed by atoms with Crippen LogP contribution in [0.25, 0.3) is 0 Å². The quantitative estimate of drug-likeness (QED) is 0.390. The van der Waals surface area contributed by atoms with Gasteiger partial charge in [-0.15, -0.1) is 0 Å². The van der Waals surface area contributed by atoms with Crippen LogP contribution in [0.4, 0.5) is 0 Å². The first-order valence-corrected chi connectivity index (χ1v) is 4.01. The zero-order valence-corrected chi connectivity index (χ0v) is 7.55. The number of hydrogen-bond donors (Lipinski definition) is 0. The van der Waals surface area contributed by atoms with Crippen molar-refractivity contribution in [1.82, 2.24) is 10.2 Å². The van der Waals surface area contributed by atoms with Crippen molar-refractivity contribution in [3.63, 3.8) is 0 Å². The molecule has 1 rings (SSSR count). The lowest BCUT2D eigenvalue weighted by Crippen LogP contribution is -2.10. The summed E-state index contributed by atoms with van der Waals surface area (Å²) >= 11 is 0. The fourth-order valence-corrected chi connectivity index (χ4v) is 0.725. The molecule has 0 aliphatic carbocycles. The van der Waals surface area contributed by atoms with Crippen LogP contribution in [0, 0.1) is 0 Å². The number of aromatic nitrogens is 2. The molecule has 0 N–H and O–H groups in total. The number of carbonyl (C=O) groups is 1. The molecule has 14 heavy (non-hydrogen) atoms. The Labute approximate surface area is 81.4 Å². The summed E-state index contributed by atoms with van der Waals surface area (Å²) in [7, 11) is 0. The fourth-order valence-electron chi connectivity index (χ4n) is 0.725. The normalized spacial score (nSPS) is 9.14. The average Bonchev–Trinajstić information content (AvgIpc) is 2.25. The van der Waals surface area contributed by atoms with E-state index in [1.54, 1.807) is 6.07 Å². The van der Waals surface area contributed by atoms with Gasteiger partial charge in [0.25, 0.3) is 0 Å². The summed E-state index contributed by atoms with van der Waals surface area (Å²) in [5, 5.41) is 7.20. The topological polar surface area (TPSA) is 61.3 Å². The maximum Gasteiger partial charge on any atom is 0.330 e. The first-order valence-electron chi connectivity index (χ1n) is 4.01. The standard InChI is InChI=1S/C9H10N2O3/c1-2-9(12)14-6-5-13-8-3-4-10-11-7-8/h2-4,7H,1,5-6H2. The Balaban J connectivity index is 2.16. The zero-order valence-electron chi connectivity index (χ0n) is 7.55. The summed E-state index contributed by atoms with van der Waals surface area (Å²) < 4.78 is 9.88. The van der Waals surface area contributed by atoms with E-state index in [1.807, 2.05) is 0 Å². The summed E-state index contributed by atoms with van der Waals surface area (Å²) in [6, 6.07) is 1.67. The van der Waals surface area contributed by atoms with E-state index in [0.29, 0.717) is 5.75 Å². The van der Waals surface area contributed by atoms with Crippen molar-refractivity contribution < 1.29 is 14.3 Å². The van der Waals surface area contributed by atoms with E-state index >= 15 is 0 Å². The molecule has 1 heterocycles. The maximum absolute atomic E-state index is 10.6. The Hall–Kier alpha value is -1.91. The molecule has 0 spiro atoms. The van der Waals surface area contributed by atoms with Crippen LogP contribution in [0.5, 0.6) is 5.75 Å². The van der Waals surface area contributed by atoms with Crippen LogP contribution in [0.15, 0.2) is 31.1 Å². The SMILES string of the molecule is C=CC(=O)OCCOc1ccnnc1. The molecule has 0 saturated carbocycles. The van der Waals surface area contributed by atoms with Gasteiger partial charge in [-0.3, -0.25) is 0 Å². The highest BCUT2D eigenvalue weighted by Crippen LogP contribution is 2.03. The van der Waals surface area contributed by atoms with Crippen LogP contribution in [0.3, 0.4) is 0 Å². The number of esters is 1. The van der Waals surface area contributed by atoms with Gasteiger partial charge in [0, 0.05) is 12.1 Å². The minimum absolute atomic E-state index is 0.188. The smallest absolute Gasteiger partial charge is 0.330 e. The number of hydrogen-bond acceptors (Lipinski definition) is 5. The van der Waals surface area contributed by atoms with Gasteiger partial charge in [-0.05, 0) is 0 Å². The molecular weight excluding hydrogens is 184 g/mol. The van der Waals surface area contributed by atoms with Gasteiger partial charge in [-0.1, -0.05) is 6.58 Å². The first-order chi connectivity index (χ1) is 6.83. The zero-order chi connectivity index (χ0) is 10.2. The lowest BCUT2D eigenvalue weighted by molar-refractivity contribution is -0.138. The monoisotopic (exact) mass is 194 g/mol. The highest BCUT2D eigenvalue weighted by atomic mass is 16.6. The van der Waals surface area contributed by atoms with E-state index in [2.05, 4.69) is 16.8 Å². The molecule has 0 saturated heterocycles. The lowest BCUT2D eigenvalue weighted by Gasteiger charge is -2.04. The second-order valence-electron chi connectivity index (χ2n) is 2.30. The maximum atomic E-state index is 10.6. The molecule has 0 aliphatic heterocycles. The Morgan fingerprint density at radius 2 is 2.36 bits per heavy atom. The van der Waals surface area contributed by atoms with Crippen molar-refractivity contribution in [2.75, 3.05) is 13.2 Å². The fraction of sp³-hybridized carbons (Fsp3) is 0.222. The van der Waals surface area contributed by atoms with Gasteiger partial charge in [0.2, 0.25) is 0 Å². The second kappa shape index (κ2) is 5.69. The molecular formula is C9H10N2O3. The van der Waals surface area contributed by atoms with Gasteiger partial charge >= 0.3 is 5.97 Å². The van der Waals surface area contributed by atoms with Crippen molar-refractivity contribution in [2.45, 2.75) is 0 Å². The molecule has 0 aliphatic rings. The second-order valence-corrected chi connectivity index (χ2v) is 2.30. The van der Waals surface area contributed by atoms with Gasteiger partial charge in [0.1, 0.15) is 19.0 Å². The third-order valence-electron chi connectivity index (χ3n) is 1.32. The van der Waals surface area contributed by atoms with Gasteiger partial charge in [0.05, 0.1) is 12.4 Å². The molecule has 0 aromatic carbocycles.